The van der Waals surface area contributed by atoms with Crippen molar-refractivity contribution in [2.24, 2.45) is 0 Å². The molecule has 0 spiro atoms. The van der Waals surface area contributed by atoms with Crippen molar-refractivity contribution >= 4 is 0 Å². The summed E-state index contributed by atoms with van der Waals surface area (Å²) in [5, 5.41) is 4.06. The van der Waals surface area contributed by atoms with Crippen LogP contribution in [0.25, 0.3) is 22.5 Å². The highest BCUT2D eigenvalue weighted by Crippen LogP contribution is 2.25. The summed E-state index contributed by atoms with van der Waals surface area (Å²) in [6.45, 7) is 5.11. The van der Waals surface area contributed by atoms with Gasteiger partial charge < -0.3 is 9.26 Å². The Morgan fingerprint density at radius 2 is 1.44 bits per heavy atom. The largest absolute Gasteiger partial charge is 0.494 e. The molecule has 4 heteroatoms. The molecule has 0 N–H and O–H groups in total. The second-order valence-corrected chi connectivity index (χ2v) is 6.77. The third-order valence-electron chi connectivity index (χ3n) is 4.53. The molecule has 0 bridgehead atoms. The van der Waals surface area contributed by atoms with E-state index < -0.39 is 0 Å². The summed E-state index contributed by atoms with van der Waals surface area (Å²) in [4.78, 5) is 4.44. The first-order chi connectivity index (χ1) is 13.3. The second-order valence-electron chi connectivity index (χ2n) is 6.77. The molecular weight excluding hydrogens is 336 g/mol. The Labute approximate surface area is 161 Å². The first-order valence-corrected chi connectivity index (χ1v) is 9.96. The fourth-order valence-electron chi connectivity index (χ4n) is 2.96. The van der Waals surface area contributed by atoms with Gasteiger partial charge in [-0.3, -0.25) is 0 Å². The molecule has 0 amide bonds. The van der Waals surface area contributed by atoms with E-state index in [9.17, 15) is 0 Å². The Morgan fingerprint density at radius 1 is 0.778 bits per heavy atom. The molecule has 0 aliphatic carbocycles. The number of nitrogens with zero attached hydrogens (tertiary/aromatic N) is 2. The van der Waals surface area contributed by atoms with Crippen LogP contribution < -0.4 is 4.74 Å². The Hall–Kier alpha value is -2.62. The van der Waals surface area contributed by atoms with Gasteiger partial charge in [0.05, 0.1) is 6.61 Å². The van der Waals surface area contributed by atoms with E-state index in [-0.39, 0.29) is 0 Å². The molecule has 27 heavy (non-hydrogen) atoms. The summed E-state index contributed by atoms with van der Waals surface area (Å²) in [6.07, 6.45) is 6.70. The smallest absolute Gasteiger partial charge is 0.226 e. The minimum atomic E-state index is 0.650. The highest BCUT2D eigenvalue weighted by Gasteiger charge is 2.08. The average Bonchev–Trinajstić information content (AvgIpc) is 3.17. The van der Waals surface area contributed by atoms with Crippen molar-refractivity contribution in [2.75, 3.05) is 6.61 Å². The van der Waals surface area contributed by atoms with E-state index in [2.05, 4.69) is 48.3 Å². The molecule has 1 aromatic heterocycles. The van der Waals surface area contributed by atoms with Crippen LogP contribution in [0.5, 0.6) is 5.75 Å². The number of benzene rings is 2. The van der Waals surface area contributed by atoms with Gasteiger partial charge in [-0.2, -0.15) is 4.98 Å². The molecule has 0 fully saturated rings. The van der Waals surface area contributed by atoms with E-state index in [1.807, 2.05) is 24.3 Å². The maximum atomic E-state index is 5.82. The van der Waals surface area contributed by atoms with Gasteiger partial charge >= 0.3 is 0 Å². The maximum absolute atomic E-state index is 5.82. The number of aryl methyl sites for hydroxylation is 1. The number of unbranched alkanes of at least 4 members (excludes halogenated alkanes) is 3. The van der Waals surface area contributed by atoms with Gasteiger partial charge in [0.15, 0.2) is 0 Å². The van der Waals surface area contributed by atoms with E-state index in [1.54, 1.807) is 0 Å². The summed E-state index contributed by atoms with van der Waals surface area (Å²) in [5.41, 5.74) is 3.29. The SMILES string of the molecule is CCCCCCOc1ccc(-c2ccc(-c3noc(CCC)n3)cc2)cc1. The van der Waals surface area contributed by atoms with Gasteiger partial charge in [0.2, 0.25) is 11.7 Å². The molecule has 0 unspecified atom stereocenters. The highest BCUT2D eigenvalue weighted by atomic mass is 16.5. The van der Waals surface area contributed by atoms with E-state index in [0.717, 1.165) is 42.7 Å². The monoisotopic (exact) mass is 364 g/mol. The molecule has 0 saturated heterocycles. The van der Waals surface area contributed by atoms with Crippen LogP contribution >= 0.6 is 0 Å². The number of rotatable bonds is 10. The quantitative estimate of drug-likeness (QED) is 0.395. The number of ether oxygens (including phenoxy) is 1. The molecule has 0 radical (unpaired) electrons. The third kappa shape index (κ3) is 5.43. The lowest BCUT2D eigenvalue weighted by molar-refractivity contribution is 0.305. The number of aromatic nitrogens is 2. The molecule has 3 rings (SSSR count). The maximum Gasteiger partial charge on any atom is 0.226 e. The zero-order valence-electron chi connectivity index (χ0n) is 16.3. The van der Waals surface area contributed by atoms with Crippen molar-refractivity contribution < 1.29 is 9.26 Å². The van der Waals surface area contributed by atoms with Crippen LogP contribution in [0.4, 0.5) is 0 Å². The normalized spacial score (nSPS) is 10.9. The fraction of sp³-hybridized carbons (Fsp3) is 0.391. The lowest BCUT2D eigenvalue weighted by Crippen LogP contribution is -1.96. The van der Waals surface area contributed by atoms with E-state index in [4.69, 9.17) is 9.26 Å². The van der Waals surface area contributed by atoms with Crippen LogP contribution in [0, 0.1) is 0 Å². The van der Waals surface area contributed by atoms with Gasteiger partial charge in [-0.05, 0) is 36.1 Å². The zero-order valence-corrected chi connectivity index (χ0v) is 16.3. The van der Waals surface area contributed by atoms with Gasteiger partial charge in [-0.15, -0.1) is 0 Å². The van der Waals surface area contributed by atoms with Gasteiger partial charge in [0.25, 0.3) is 0 Å². The summed E-state index contributed by atoms with van der Waals surface area (Å²) in [7, 11) is 0. The van der Waals surface area contributed by atoms with Gasteiger partial charge in [-0.1, -0.05) is 74.7 Å². The molecule has 0 saturated carbocycles. The topological polar surface area (TPSA) is 48.2 Å². The first kappa shape index (κ1) is 19.2. The fourth-order valence-corrected chi connectivity index (χ4v) is 2.96. The van der Waals surface area contributed by atoms with Crippen LogP contribution in [-0.4, -0.2) is 16.7 Å². The van der Waals surface area contributed by atoms with Crippen molar-refractivity contribution in [3.05, 3.63) is 54.4 Å². The standard InChI is InChI=1S/C23H28N2O2/c1-3-5-6-7-17-26-21-15-13-19(14-16-21)18-9-11-20(12-10-18)23-24-22(8-4-2)27-25-23/h9-16H,3-8,17H2,1-2H3. The van der Waals surface area contributed by atoms with Crippen LogP contribution in [0.2, 0.25) is 0 Å². The second kappa shape index (κ2) is 9.91. The Kier molecular flexibility index (Phi) is 7.03. The van der Waals surface area contributed by atoms with Crippen LogP contribution in [0.1, 0.15) is 51.8 Å². The number of hydrogen-bond acceptors (Lipinski definition) is 4. The minimum Gasteiger partial charge on any atom is -0.494 e. The molecule has 0 aliphatic rings. The molecule has 0 aliphatic heterocycles. The van der Waals surface area contributed by atoms with Crippen LogP contribution in [0.15, 0.2) is 53.1 Å². The summed E-state index contributed by atoms with van der Waals surface area (Å²) in [5.74, 6) is 2.28. The van der Waals surface area contributed by atoms with E-state index >= 15 is 0 Å². The van der Waals surface area contributed by atoms with Crippen LogP contribution in [-0.2, 0) is 6.42 Å². The Balaban J connectivity index is 1.59. The molecule has 4 nitrogen and oxygen atoms in total. The van der Waals surface area contributed by atoms with E-state index in [0.29, 0.717) is 11.7 Å². The van der Waals surface area contributed by atoms with Gasteiger partial charge in [-0.25, -0.2) is 0 Å². The molecule has 1 heterocycles. The minimum absolute atomic E-state index is 0.650. The van der Waals surface area contributed by atoms with Crippen molar-refractivity contribution in [2.45, 2.75) is 52.4 Å². The lowest BCUT2D eigenvalue weighted by atomic mass is 10.0. The van der Waals surface area contributed by atoms with Crippen LogP contribution in [0.3, 0.4) is 0 Å². The average molecular weight is 364 g/mol. The van der Waals surface area contributed by atoms with Crippen molar-refractivity contribution in [3.63, 3.8) is 0 Å². The predicted octanol–water partition coefficient (Wildman–Crippen LogP) is 6.32. The molecular formula is C23H28N2O2. The Morgan fingerprint density at radius 3 is 2.11 bits per heavy atom. The Bertz CT molecular complexity index is 807. The van der Waals surface area contributed by atoms with E-state index in [1.165, 1.54) is 24.8 Å². The molecule has 142 valence electrons. The van der Waals surface area contributed by atoms with Crippen molar-refractivity contribution in [1.82, 2.24) is 10.1 Å². The molecule has 3 aromatic rings. The number of hydrogen-bond donors (Lipinski definition) is 0. The predicted molar refractivity (Wildman–Crippen MR) is 109 cm³/mol. The highest BCUT2D eigenvalue weighted by molar-refractivity contribution is 5.68. The first-order valence-electron chi connectivity index (χ1n) is 9.96. The van der Waals surface area contributed by atoms with Crippen molar-refractivity contribution in [3.8, 4) is 28.3 Å². The van der Waals surface area contributed by atoms with Gasteiger partial charge in [0.1, 0.15) is 5.75 Å². The summed E-state index contributed by atoms with van der Waals surface area (Å²) < 4.78 is 11.1. The summed E-state index contributed by atoms with van der Waals surface area (Å²) >= 11 is 0. The summed E-state index contributed by atoms with van der Waals surface area (Å²) in [6, 6.07) is 16.5. The zero-order chi connectivity index (χ0) is 18.9. The lowest BCUT2D eigenvalue weighted by Gasteiger charge is -2.07. The molecule has 2 aromatic carbocycles. The molecule has 0 atom stereocenters. The van der Waals surface area contributed by atoms with Gasteiger partial charge in [0, 0.05) is 12.0 Å². The van der Waals surface area contributed by atoms with Crippen molar-refractivity contribution in [1.29, 1.82) is 0 Å². The third-order valence-corrected chi connectivity index (χ3v) is 4.53.